The summed E-state index contributed by atoms with van der Waals surface area (Å²) in [4.78, 5) is 4.91. The van der Waals surface area contributed by atoms with Crippen LogP contribution in [0, 0.1) is 11.3 Å². The van der Waals surface area contributed by atoms with Crippen LogP contribution in [-0.4, -0.2) is 50.1 Å². The minimum atomic E-state index is 0.426. The molecule has 0 atom stereocenters. The zero-order chi connectivity index (χ0) is 16.0. The van der Waals surface area contributed by atoms with Gasteiger partial charge in [0.2, 0.25) is 0 Å². The minimum Gasteiger partial charge on any atom is -0.309 e. The Bertz CT molecular complexity index is 454. The van der Waals surface area contributed by atoms with Crippen LogP contribution in [0.25, 0.3) is 6.08 Å². The maximum atomic E-state index is 2.58. The highest BCUT2D eigenvalue weighted by atomic mass is 15.1. The summed E-state index contributed by atoms with van der Waals surface area (Å²) >= 11 is 0. The number of piperidine rings is 1. The molecule has 1 aromatic carbocycles. The lowest BCUT2D eigenvalue weighted by Crippen LogP contribution is -2.42. The average Bonchev–Trinajstić information content (AvgIpc) is 2.47. The quantitative estimate of drug-likeness (QED) is 0.783. The van der Waals surface area contributed by atoms with Gasteiger partial charge in [0.25, 0.3) is 0 Å². The Labute approximate surface area is 136 Å². The van der Waals surface area contributed by atoms with E-state index in [0.29, 0.717) is 5.41 Å². The largest absolute Gasteiger partial charge is 0.309 e. The second kappa shape index (κ2) is 7.94. The monoisotopic (exact) mass is 300 g/mol. The number of likely N-dealkylation sites (tertiary alicyclic amines) is 1. The van der Waals surface area contributed by atoms with E-state index in [-0.39, 0.29) is 0 Å². The van der Waals surface area contributed by atoms with Gasteiger partial charge in [0.05, 0.1) is 0 Å². The van der Waals surface area contributed by atoms with Crippen molar-refractivity contribution in [3.05, 3.63) is 42.0 Å². The number of hydrogen-bond acceptors (Lipinski definition) is 2. The molecule has 2 rings (SSSR count). The van der Waals surface area contributed by atoms with E-state index in [1.54, 1.807) is 0 Å². The molecule has 2 nitrogen and oxygen atoms in total. The zero-order valence-electron chi connectivity index (χ0n) is 14.8. The van der Waals surface area contributed by atoms with Crippen LogP contribution in [0.15, 0.2) is 36.4 Å². The Kier molecular flexibility index (Phi) is 6.22. The number of nitrogens with zero attached hydrogens (tertiary/aromatic N) is 2. The Balaban J connectivity index is 1.76. The Morgan fingerprint density at radius 1 is 1.14 bits per heavy atom. The van der Waals surface area contributed by atoms with Crippen molar-refractivity contribution < 1.29 is 0 Å². The molecule has 0 radical (unpaired) electrons. The van der Waals surface area contributed by atoms with Crippen LogP contribution in [0.1, 0.15) is 32.3 Å². The average molecular weight is 300 g/mol. The molecule has 0 amide bonds. The predicted octanol–water partition coefficient (Wildman–Crippen LogP) is 4.00. The molecule has 0 spiro atoms. The smallest absolute Gasteiger partial charge is 0.0166 e. The summed E-state index contributed by atoms with van der Waals surface area (Å²) in [6.07, 6.45) is 7.21. The van der Waals surface area contributed by atoms with Crippen molar-refractivity contribution in [3.63, 3.8) is 0 Å². The molecule has 1 aliphatic rings. The lowest BCUT2D eigenvalue weighted by atomic mass is 9.73. The molecule has 0 aliphatic carbocycles. The molecule has 0 unspecified atom stereocenters. The molecule has 0 saturated carbocycles. The molecule has 1 heterocycles. The van der Waals surface area contributed by atoms with E-state index >= 15 is 0 Å². The molecule has 0 N–H and O–H groups in total. The van der Waals surface area contributed by atoms with Gasteiger partial charge in [-0.3, -0.25) is 4.90 Å². The molecular weight excluding hydrogens is 268 g/mol. The molecule has 122 valence electrons. The normalized spacial score (nSPS) is 18.4. The van der Waals surface area contributed by atoms with Crippen LogP contribution in [0.3, 0.4) is 0 Å². The molecule has 1 aromatic rings. The van der Waals surface area contributed by atoms with Crippen molar-refractivity contribution >= 4 is 6.08 Å². The standard InChI is InChI=1S/C20H32N2/c1-20(2,17-21(3)4)19-12-15-22(16-13-19)14-8-11-18-9-6-5-7-10-18/h5-11,19H,12-17H2,1-4H3/b11-8+. The van der Waals surface area contributed by atoms with Crippen molar-refractivity contribution in [3.8, 4) is 0 Å². The van der Waals surface area contributed by atoms with Gasteiger partial charge in [0.15, 0.2) is 0 Å². The molecule has 0 aromatic heterocycles. The van der Waals surface area contributed by atoms with Crippen molar-refractivity contribution in [2.75, 3.05) is 40.3 Å². The molecule has 0 bridgehead atoms. The van der Waals surface area contributed by atoms with Crippen LogP contribution >= 0.6 is 0 Å². The zero-order valence-corrected chi connectivity index (χ0v) is 14.8. The highest BCUT2D eigenvalue weighted by Crippen LogP contribution is 2.35. The summed E-state index contributed by atoms with van der Waals surface area (Å²) in [6, 6.07) is 10.6. The molecule has 2 heteroatoms. The van der Waals surface area contributed by atoms with E-state index in [1.165, 1.54) is 38.0 Å². The summed E-state index contributed by atoms with van der Waals surface area (Å²) in [6.45, 7) is 9.61. The topological polar surface area (TPSA) is 6.48 Å². The van der Waals surface area contributed by atoms with E-state index in [2.05, 4.69) is 80.2 Å². The van der Waals surface area contributed by atoms with Gasteiger partial charge in [0.1, 0.15) is 0 Å². The van der Waals surface area contributed by atoms with E-state index in [1.807, 2.05) is 0 Å². The van der Waals surface area contributed by atoms with E-state index < -0.39 is 0 Å². The fourth-order valence-corrected chi connectivity index (χ4v) is 3.74. The lowest BCUT2D eigenvalue weighted by molar-refractivity contribution is 0.0833. The third kappa shape index (κ3) is 5.26. The minimum absolute atomic E-state index is 0.426. The maximum Gasteiger partial charge on any atom is 0.0166 e. The highest BCUT2D eigenvalue weighted by Gasteiger charge is 2.32. The second-order valence-corrected chi connectivity index (χ2v) is 7.61. The highest BCUT2D eigenvalue weighted by molar-refractivity contribution is 5.48. The predicted molar refractivity (Wildman–Crippen MR) is 97.0 cm³/mol. The van der Waals surface area contributed by atoms with Crippen molar-refractivity contribution in [1.29, 1.82) is 0 Å². The van der Waals surface area contributed by atoms with Crippen LogP contribution in [0.2, 0.25) is 0 Å². The number of benzene rings is 1. The fraction of sp³-hybridized carbons (Fsp3) is 0.600. The van der Waals surface area contributed by atoms with Crippen molar-refractivity contribution in [2.24, 2.45) is 11.3 Å². The van der Waals surface area contributed by atoms with Crippen LogP contribution in [0.4, 0.5) is 0 Å². The third-order valence-electron chi connectivity index (χ3n) is 4.89. The van der Waals surface area contributed by atoms with Gasteiger partial charge in [-0.1, -0.05) is 56.3 Å². The third-order valence-corrected chi connectivity index (χ3v) is 4.89. The van der Waals surface area contributed by atoms with E-state index in [9.17, 15) is 0 Å². The summed E-state index contributed by atoms with van der Waals surface area (Å²) in [5.41, 5.74) is 1.72. The van der Waals surface area contributed by atoms with Gasteiger partial charge in [0, 0.05) is 13.1 Å². The first-order valence-electron chi connectivity index (χ1n) is 8.56. The van der Waals surface area contributed by atoms with Crippen LogP contribution in [-0.2, 0) is 0 Å². The molecule has 22 heavy (non-hydrogen) atoms. The second-order valence-electron chi connectivity index (χ2n) is 7.61. The maximum absolute atomic E-state index is 2.58. The van der Waals surface area contributed by atoms with Gasteiger partial charge in [-0.15, -0.1) is 0 Å². The van der Waals surface area contributed by atoms with Crippen molar-refractivity contribution in [1.82, 2.24) is 9.80 Å². The van der Waals surface area contributed by atoms with Gasteiger partial charge in [-0.2, -0.15) is 0 Å². The first kappa shape index (κ1) is 17.2. The Hall–Kier alpha value is -1.12. The van der Waals surface area contributed by atoms with Gasteiger partial charge in [-0.25, -0.2) is 0 Å². The van der Waals surface area contributed by atoms with E-state index in [4.69, 9.17) is 0 Å². The number of hydrogen-bond donors (Lipinski definition) is 0. The molecule has 1 aliphatic heterocycles. The first-order chi connectivity index (χ1) is 10.5. The SMILES string of the molecule is CN(C)CC(C)(C)C1CCN(C/C=C/c2ccccc2)CC1. The molecule has 1 fully saturated rings. The van der Waals surface area contributed by atoms with Gasteiger partial charge >= 0.3 is 0 Å². The van der Waals surface area contributed by atoms with Crippen LogP contribution in [0.5, 0.6) is 0 Å². The van der Waals surface area contributed by atoms with Crippen LogP contribution < -0.4 is 0 Å². The van der Waals surface area contributed by atoms with E-state index in [0.717, 1.165) is 12.5 Å². The first-order valence-corrected chi connectivity index (χ1v) is 8.56. The molecular formula is C20H32N2. The lowest BCUT2D eigenvalue weighted by Gasteiger charge is -2.41. The Morgan fingerprint density at radius 2 is 1.77 bits per heavy atom. The summed E-state index contributed by atoms with van der Waals surface area (Å²) in [5.74, 6) is 0.851. The summed E-state index contributed by atoms with van der Waals surface area (Å²) in [7, 11) is 4.37. The fourth-order valence-electron chi connectivity index (χ4n) is 3.74. The molecule has 1 saturated heterocycles. The number of rotatable bonds is 6. The van der Waals surface area contributed by atoms with Gasteiger partial charge < -0.3 is 4.90 Å². The summed E-state index contributed by atoms with van der Waals surface area (Å²) in [5, 5.41) is 0. The van der Waals surface area contributed by atoms with Gasteiger partial charge in [-0.05, 0) is 56.9 Å². The summed E-state index contributed by atoms with van der Waals surface area (Å²) < 4.78 is 0. The van der Waals surface area contributed by atoms with Crippen molar-refractivity contribution in [2.45, 2.75) is 26.7 Å². The Morgan fingerprint density at radius 3 is 2.36 bits per heavy atom.